The van der Waals surface area contributed by atoms with Gasteiger partial charge in [0.15, 0.2) is 0 Å². The van der Waals surface area contributed by atoms with Crippen LogP contribution in [0.2, 0.25) is 0 Å². The van der Waals surface area contributed by atoms with E-state index in [0.717, 1.165) is 0 Å². The molecule has 2 aromatic carbocycles. The molecule has 0 saturated carbocycles. The Bertz CT molecular complexity index is 1520. The summed E-state index contributed by atoms with van der Waals surface area (Å²) in [5.74, 6) is 0.564. The third kappa shape index (κ3) is 6.49. The number of terminal acetylenes is 1. The predicted octanol–water partition coefficient (Wildman–Crippen LogP) is 4.41. The fourth-order valence-electron chi connectivity index (χ4n) is 3.86. The van der Waals surface area contributed by atoms with Gasteiger partial charge in [0.05, 0.1) is 5.69 Å². The lowest BCUT2D eigenvalue weighted by Gasteiger charge is -2.24. The molecule has 2 aromatic heterocycles. The zero-order chi connectivity index (χ0) is 28.2. The molecule has 5 N–H and O–H groups in total. The topological polar surface area (TPSA) is 137 Å². The zero-order valence-electron chi connectivity index (χ0n) is 20.3. The summed E-state index contributed by atoms with van der Waals surface area (Å²) in [7, 11) is 0. The van der Waals surface area contributed by atoms with E-state index in [9.17, 15) is 18.0 Å². The minimum absolute atomic E-state index is 0.101. The van der Waals surface area contributed by atoms with E-state index >= 15 is 0 Å². The van der Waals surface area contributed by atoms with Crippen molar-refractivity contribution >= 4 is 11.9 Å². The first-order valence-electron chi connectivity index (χ1n) is 11.5. The number of anilines is 1. The normalized spacial score (nSPS) is 12.8. The lowest BCUT2D eigenvalue weighted by molar-refractivity contribution is -0.198. The molecule has 39 heavy (non-hydrogen) atoms. The van der Waals surface area contributed by atoms with Crippen molar-refractivity contribution in [2.75, 3.05) is 5.73 Å². The van der Waals surface area contributed by atoms with Crippen LogP contribution in [0.25, 0.3) is 22.4 Å². The Labute approximate surface area is 221 Å². The molecule has 198 valence electrons. The van der Waals surface area contributed by atoms with E-state index in [0.29, 0.717) is 22.4 Å². The second-order valence-electron chi connectivity index (χ2n) is 8.50. The quantitative estimate of drug-likeness (QED) is 0.283. The molecule has 0 aliphatic heterocycles. The van der Waals surface area contributed by atoms with Gasteiger partial charge in [-0.25, -0.2) is 9.97 Å². The average molecular weight is 534 g/mol. The highest BCUT2D eigenvalue weighted by Gasteiger charge is 2.44. The summed E-state index contributed by atoms with van der Waals surface area (Å²) in [6.07, 6.45) is -0.367. The maximum atomic E-state index is 14.3. The zero-order valence-corrected chi connectivity index (χ0v) is 20.3. The van der Waals surface area contributed by atoms with Crippen molar-refractivity contribution in [2.45, 2.75) is 24.7 Å². The largest absolute Gasteiger partial charge is 0.480 e. The summed E-state index contributed by atoms with van der Waals surface area (Å²) in [4.78, 5) is 23.0. The number of nitrogens with two attached hydrogens (primary N) is 2. The number of nitrogen functional groups attached to an aromatic ring is 1. The van der Waals surface area contributed by atoms with Crippen LogP contribution in [0.4, 0.5) is 19.1 Å². The van der Waals surface area contributed by atoms with Crippen LogP contribution in [0.3, 0.4) is 0 Å². The number of carboxylic acids is 1. The molecule has 0 radical (unpaired) electrons. The van der Waals surface area contributed by atoms with Gasteiger partial charge in [0, 0.05) is 29.0 Å². The van der Waals surface area contributed by atoms with Gasteiger partial charge < -0.3 is 21.3 Å². The summed E-state index contributed by atoms with van der Waals surface area (Å²) >= 11 is 0. The predicted molar refractivity (Wildman–Crippen MR) is 138 cm³/mol. The van der Waals surface area contributed by atoms with Gasteiger partial charge in [-0.2, -0.15) is 18.2 Å². The lowest BCUT2D eigenvalue weighted by atomic mass is 9.96. The summed E-state index contributed by atoms with van der Waals surface area (Å²) in [6.45, 7) is 0. The van der Waals surface area contributed by atoms with Gasteiger partial charge >= 0.3 is 12.1 Å². The van der Waals surface area contributed by atoms with Gasteiger partial charge in [-0.05, 0) is 23.6 Å². The highest BCUT2D eigenvalue weighted by molar-refractivity contribution is 5.73. The maximum absolute atomic E-state index is 14.3. The molecule has 0 aliphatic rings. The van der Waals surface area contributed by atoms with Crippen LogP contribution in [0, 0.1) is 12.3 Å². The smallest absolute Gasteiger partial charge is 0.429 e. The summed E-state index contributed by atoms with van der Waals surface area (Å²) < 4.78 is 48.5. The number of carboxylic acid groups (broad SMARTS) is 1. The molecule has 4 rings (SSSR count). The molecule has 8 nitrogen and oxygen atoms in total. The molecule has 2 atom stereocenters. The van der Waals surface area contributed by atoms with E-state index in [2.05, 4.69) is 20.9 Å². The second-order valence-corrected chi connectivity index (χ2v) is 8.50. The molecule has 1 unspecified atom stereocenters. The van der Waals surface area contributed by atoms with Crippen molar-refractivity contribution in [3.05, 3.63) is 89.7 Å². The number of rotatable bonds is 8. The summed E-state index contributed by atoms with van der Waals surface area (Å²) in [6, 6.07) is 15.8. The number of alkyl halides is 3. The minimum atomic E-state index is -4.81. The van der Waals surface area contributed by atoms with Gasteiger partial charge in [-0.3, -0.25) is 4.79 Å². The monoisotopic (exact) mass is 533 g/mol. The Balaban J connectivity index is 1.67. The van der Waals surface area contributed by atoms with Crippen molar-refractivity contribution in [2.24, 2.45) is 5.73 Å². The first-order chi connectivity index (χ1) is 18.5. The third-order valence-electron chi connectivity index (χ3n) is 5.74. The van der Waals surface area contributed by atoms with Crippen LogP contribution in [0.1, 0.15) is 22.9 Å². The highest BCUT2D eigenvalue weighted by Crippen LogP contribution is 2.41. The SMILES string of the molecule is C#Cc1ccc(-c2ccccc2C(Oc2cc(-c3ccc(C[C@H](N)C(=O)O)cc3)nc(N)n2)C(F)(F)F)cn1. The van der Waals surface area contributed by atoms with E-state index in [1.54, 1.807) is 36.4 Å². The molecule has 0 fully saturated rings. The average Bonchev–Trinajstić information content (AvgIpc) is 2.91. The van der Waals surface area contributed by atoms with E-state index in [1.165, 1.54) is 36.5 Å². The van der Waals surface area contributed by atoms with Crippen LogP contribution in [-0.2, 0) is 11.2 Å². The first kappa shape index (κ1) is 27.1. The van der Waals surface area contributed by atoms with Crippen LogP contribution in [0.5, 0.6) is 5.88 Å². The summed E-state index contributed by atoms with van der Waals surface area (Å²) in [5.41, 5.74) is 13.6. The molecular weight excluding hydrogens is 511 g/mol. The Hall–Kier alpha value is -4.95. The molecule has 2 heterocycles. The number of aromatic nitrogens is 3. The van der Waals surface area contributed by atoms with E-state index in [-0.39, 0.29) is 35.1 Å². The van der Waals surface area contributed by atoms with Crippen molar-refractivity contribution in [3.63, 3.8) is 0 Å². The van der Waals surface area contributed by atoms with Gasteiger partial charge in [0.2, 0.25) is 17.9 Å². The van der Waals surface area contributed by atoms with Gasteiger partial charge in [0.1, 0.15) is 11.7 Å². The second kappa shape index (κ2) is 11.2. The fraction of sp³-hybridized carbons (Fsp3) is 0.143. The van der Waals surface area contributed by atoms with E-state index < -0.39 is 24.3 Å². The fourth-order valence-corrected chi connectivity index (χ4v) is 3.86. The Kier molecular flexibility index (Phi) is 7.78. The van der Waals surface area contributed by atoms with Crippen LogP contribution < -0.4 is 16.2 Å². The number of hydrogen-bond acceptors (Lipinski definition) is 7. The van der Waals surface area contributed by atoms with Gasteiger partial charge in [0.25, 0.3) is 0 Å². The van der Waals surface area contributed by atoms with Crippen LogP contribution in [-0.4, -0.2) is 38.2 Å². The number of benzene rings is 2. The molecule has 0 saturated heterocycles. The number of aliphatic carboxylic acids is 1. The number of hydrogen-bond donors (Lipinski definition) is 3. The number of nitrogens with zero attached hydrogens (tertiary/aromatic N) is 3. The lowest BCUT2D eigenvalue weighted by Crippen LogP contribution is -2.32. The Morgan fingerprint density at radius 1 is 1.05 bits per heavy atom. The van der Waals surface area contributed by atoms with Gasteiger partial charge in [-0.15, -0.1) is 6.42 Å². The first-order valence-corrected chi connectivity index (χ1v) is 11.5. The standard InChI is InChI=1S/C28H22F3N5O3/c1-2-19-12-11-18(15-34-19)20-5-3-4-6-21(20)25(28(29,30)31)39-24-14-23(35-27(33)36-24)17-9-7-16(8-10-17)13-22(32)26(37)38/h1,3-12,14-15,22,25H,13,32H2,(H,37,38)(H2,33,35,36)/t22-,25?/m0/s1. The molecule has 0 spiro atoms. The van der Waals surface area contributed by atoms with Crippen molar-refractivity contribution in [1.29, 1.82) is 0 Å². The van der Waals surface area contributed by atoms with Crippen molar-refractivity contribution < 1.29 is 27.8 Å². The number of halogens is 3. The minimum Gasteiger partial charge on any atom is -0.480 e. The molecule has 11 heteroatoms. The molecule has 0 bridgehead atoms. The van der Waals surface area contributed by atoms with Crippen molar-refractivity contribution in [1.82, 2.24) is 15.0 Å². The maximum Gasteiger partial charge on any atom is 0.429 e. The molecular formula is C28H22F3N5O3. The third-order valence-corrected chi connectivity index (χ3v) is 5.74. The highest BCUT2D eigenvalue weighted by atomic mass is 19.4. The molecule has 4 aromatic rings. The number of pyridine rings is 1. The molecule has 0 amide bonds. The number of ether oxygens (including phenoxy) is 1. The summed E-state index contributed by atoms with van der Waals surface area (Å²) in [5, 5.41) is 8.99. The molecule has 0 aliphatic carbocycles. The van der Waals surface area contributed by atoms with Crippen LogP contribution in [0.15, 0.2) is 72.9 Å². The Morgan fingerprint density at radius 3 is 2.36 bits per heavy atom. The number of carbonyl (C=O) groups is 1. The van der Waals surface area contributed by atoms with E-state index in [4.69, 9.17) is 27.7 Å². The van der Waals surface area contributed by atoms with Crippen molar-refractivity contribution in [3.8, 4) is 40.6 Å². The Morgan fingerprint density at radius 2 is 1.74 bits per heavy atom. The van der Waals surface area contributed by atoms with E-state index in [1.807, 2.05) is 0 Å². The van der Waals surface area contributed by atoms with Gasteiger partial charge in [-0.1, -0.05) is 60.5 Å². The van der Waals surface area contributed by atoms with Crippen LogP contribution >= 0.6 is 0 Å².